The van der Waals surface area contributed by atoms with Crippen LogP contribution in [0.3, 0.4) is 0 Å². The lowest BCUT2D eigenvalue weighted by Gasteiger charge is -2.24. The lowest BCUT2D eigenvalue weighted by Crippen LogP contribution is -2.38. The van der Waals surface area contributed by atoms with Gasteiger partial charge in [-0.1, -0.05) is 20.8 Å². The molecule has 0 saturated carbocycles. The minimum absolute atomic E-state index is 0.389. The second kappa shape index (κ2) is 8.93. The fourth-order valence-corrected chi connectivity index (χ4v) is 1.71. The molecule has 0 bridgehead atoms. The summed E-state index contributed by atoms with van der Waals surface area (Å²) in [5.41, 5.74) is 0. The first kappa shape index (κ1) is 15.8. The monoisotopic (exact) mass is 232 g/mol. The SMILES string of the molecule is COCC(O)CN(C)CC(C)CNC(C)C. The van der Waals surface area contributed by atoms with E-state index in [1.807, 2.05) is 7.05 Å². The highest BCUT2D eigenvalue weighted by Crippen LogP contribution is 1.99. The van der Waals surface area contributed by atoms with E-state index in [4.69, 9.17) is 4.74 Å². The smallest absolute Gasteiger partial charge is 0.0899 e. The lowest BCUT2D eigenvalue weighted by atomic mass is 10.1. The minimum Gasteiger partial charge on any atom is -0.389 e. The normalized spacial score (nSPS) is 15.8. The Morgan fingerprint density at radius 3 is 2.38 bits per heavy atom. The molecule has 4 heteroatoms. The molecule has 0 amide bonds. The third-order valence-electron chi connectivity index (χ3n) is 2.38. The first-order valence-corrected chi connectivity index (χ1v) is 6.04. The van der Waals surface area contributed by atoms with E-state index in [0.29, 0.717) is 25.1 Å². The maximum atomic E-state index is 9.57. The number of ether oxygens (including phenoxy) is 1. The van der Waals surface area contributed by atoms with Crippen molar-refractivity contribution in [2.45, 2.75) is 32.9 Å². The van der Waals surface area contributed by atoms with Crippen LogP contribution in [-0.2, 0) is 4.74 Å². The fourth-order valence-electron chi connectivity index (χ4n) is 1.71. The first-order valence-electron chi connectivity index (χ1n) is 6.04. The number of aliphatic hydroxyl groups is 1. The summed E-state index contributed by atoms with van der Waals surface area (Å²) in [6, 6.07) is 0.534. The molecule has 0 aliphatic carbocycles. The molecule has 0 aromatic rings. The van der Waals surface area contributed by atoms with E-state index >= 15 is 0 Å². The molecule has 2 N–H and O–H groups in total. The molecule has 0 rings (SSSR count). The van der Waals surface area contributed by atoms with E-state index in [0.717, 1.165) is 13.1 Å². The van der Waals surface area contributed by atoms with Crippen LogP contribution >= 0.6 is 0 Å². The molecule has 0 aliphatic rings. The Bertz CT molecular complexity index is 165. The molecular weight excluding hydrogens is 204 g/mol. The van der Waals surface area contributed by atoms with Crippen LogP contribution in [0.4, 0.5) is 0 Å². The second-order valence-electron chi connectivity index (χ2n) is 5.00. The van der Waals surface area contributed by atoms with Crippen molar-refractivity contribution >= 4 is 0 Å². The van der Waals surface area contributed by atoms with Gasteiger partial charge in [-0.05, 0) is 19.5 Å². The molecule has 0 aromatic heterocycles. The molecule has 0 heterocycles. The quantitative estimate of drug-likeness (QED) is 0.610. The average molecular weight is 232 g/mol. The third kappa shape index (κ3) is 9.09. The van der Waals surface area contributed by atoms with Gasteiger partial charge in [0.1, 0.15) is 0 Å². The zero-order valence-electron chi connectivity index (χ0n) is 11.4. The van der Waals surface area contributed by atoms with Gasteiger partial charge in [0.05, 0.1) is 12.7 Å². The number of nitrogens with one attached hydrogen (secondary N) is 1. The average Bonchev–Trinajstić information content (AvgIpc) is 2.14. The van der Waals surface area contributed by atoms with Gasteiger partial charge in [-0.15, -0.1) is 0 Å². The Morgan fingerprint density at radius 2 is 1.88 bits per heavy atom. The van der Waals surface area contributed by atoms with Gasteiger partial charge >= 0.3 is 0 Å². The Labute approximate surface area is 100.0 Å². The van der Waals surface area contributed by atoms with Crippen LogP contribution < -0.4 is 5.32 Å². The minimum atomic E-state index is -0.389. The molecular formula is C12H28N2O2. The summed E-state index contributed by atoms with van der Waals surface area (Å²) in [6.07, 6.45) is -0.389. The summed E-state index contributed by atoms with van der Waals surface area (Å²) < 4.78 is 4.90. The van der Waals surface area contributed by atoms with Gasteiger partial charge in [-0.3, -0.25) is 0 Å². The Morgan fingerprint density at radius 1 is 1.25 bits per heavy atom. The highest BCUT2D eigenvalue weighted by molar-refractivity contribution is 4.66. The molecule has 0 saturated heterocycles. The van der Waals surface area contributed by atoms with E-state index in [1.54, 1.807) is 7.11 Å². The lowest BCUT2D eigenvalue weighted by molar-refractivity contribution is 0.0408. The van der Waals surface area contributed by atoms with E-state index in [2.05, 4.69) is 31.0 Å². The van der Waals surface area contributed by atoms with Crippen LogP contribution in [0.15, 0.2) is 0 Å². The predicted molar refractivity (Wildman–Crippen MR) is 67.7 cm³/mol. The maximum absolute atomic E-state index is 9.57. The second-order valence-corrected chi connectivity index (χ2v) is 5.00. The van der Waals surface area contributed by atoms with Crippen LogP contribution in [0.5, 0.6) is 0 Å². The van der Waals surface area contributed by atoms with E-state index in [-0.39, 0.29) is 6.10 Å². The van der Waals surface area contributed by atoms with Gasteiger partial charge in [-0.25, -0.2) is 0 Å². The largest absolute Gasteiger partial charge is 0.389 e. The van der Waals surface area contributed by atoms with Crippen LogP contribution in [0.2, 0.25) is 0 Å². The highest BCUT2D eigenvalue weighted by atomic mass is 16.5. The van der Waals surface area contributed by atoms with Gasteiger partial charge < -0.3 is 20.1 Å². The molecule has 2 atom stereocenters. The Balaban J connectivity index is 3.64. The molecule has 0 spiro atoms. The fraction of sp³-hybridized carbons (Fsp3) is 1.00. The molecule has 4 nitrogen and oxygen atoms in total. The highest BCUT2D eigenvalue weighted by Gasteiger charge is 2.11. The standard InChI is InChI=1S/C12H28N2O2/c1-10(2)13-6-11(3)7-14(4)8-12(15)9-16-5/h10-13,15H,6-9H2,1-5H3. The number of hydrogen-bond donors (Lipinski definition) is 2. The number of likely N-dealkylation sites (N-methyl/N-ethyl adjacent to an activating group) is 1. The Kier molecular flexibility index (Phi) is 8.84. The van der Waals surface area contributed by atoms with Crippen molar-refractivity contribution in [2.24, 2.45) is 5.92 Å². The van der Waals surface area contributed by atoms with E-state index in [9.17, 15) is 5.11 Å². The molecule has 0 radical (unpaired) electrons. The summed E-state index contributed by atoms with van der Waals surface area (Å²) in [6.45, 7) is 9.60. The number of methoxy groups -OCH3 is 1. The van der Waals surface area contributed by atoms with Crippen molar-refractivity contribution in [2.75, 3.05) is 40.4 Å². The van der Waals surface area contributed by atoms with Crippen LogP contribution in [0, 0.1) is 5.92 Å². The molecule has 2 unspecified atom stereocenters. The number of nitrogens with zero attached hydrogens (tertiary/aromatic N) is 1. The van der Waals surface area contributed by atoms with Crippen LogP contribution in [0.1, 0.15) is 20.8 Å². The zero-order chi connectivity index (χ0) is 12.6. The summed E-state index contributed by atoms with van der Waals surface area (Å²) >= 11 is 0. The first-order chi connectivity index (χ1) is 7.45. The van der Waals surface area contributed by atoms with Crippen molar-refractivity contribution in [3.63, 3.8) is 0 Å². The van der Waals surface area contributed by atoms with E-state index in [1.165, 1.54) is 0 Å². The molecule has 16 heavy (non-hydrogen) atoms. The van der Waals surface area contributed by atoms with Crippen molar-refractivity contribution in [3.05, 3.63) is 0 Å². The third-order valence-corrected chi connectivity index (χ3v) is 2.38. The molecule has 0 aromatic carbocycles. The van der Waals surface area contributed by atoms with Gasteiger partial charge in [0.15, 0.2) is 0 Å². The number of rotatable bonds is 9. The van der Waals surface area contributed by atoms with Crippen molar-refractivity contribution in [1.82, 2.24) is 10.2 Å². The van der Waals surface area contributed by atoms with Crippen molar-refractivity contribution < 1.29 is 9.84 Å². The molecule has 98 valence electrons. The van der Waals surface area contributed by atoms with Crippen molar-refractivity contribution in [3.8, 4) is 0 Å². The summed E-state index contributed by atoms with van der Waals surface area (Å²) in [7, 11) is 3.64. The van der Waals surface area contributed by atoms with Gasteiger partial charge in [0.2, 0.25) is 0 Å². The predicted octanol–water partition coefficient (Wildman–Crippen LogP) is 0.560. The topological polar surface area (TPSA) is 44.7 Å². The van der Waals surface area contributed by atoms with Crippen molar-refractivity contribution in [1.29, 1.82) is 0 Å². The van der Waals surface area contributed by atoms with Crippen LogP contribution in [0.25, 0.3) is 0 Å². The van der Waals surface area contributed by atoms with Gasteiger partial charge in [0.25, 0.3) is 0 Å². The zero-order valence-corrected chi connectivity index (χ0v) is 11.4. The molecule has 0 fully saturated rings. The van der Waals surface area contributed by atoms with Crippen LogP contribution in [-0.4, -0.2) is 62.6 Å². The summed E-state index contributed by atoms with van der Waals surface area (Å²) in [5, 5.41) is 13.0. The molecule has 0 aliphatic heterocycles. The van der Waals surface area contributed by atoms with Gasteiger partial charge in [-0.2, -0.15) is 0 Å². The summed E-state index contributed by atoms with van der Waals surface area (Å²) in [5.74, 6) is 0.585. The number of hydrogen-bond acceptors (Lipinski definition) is 4. The van der Waals surface area contributed by atoms with Gasteiger partial charge in [0, 0.05) is 26.2 Å². The Hall–Kier alpha value is -0.160. The van der Waals surface area contributed by atoms with E-state index < -0.39 is 0 Å². The maximum Gasteiger partial charge on any atom is 0.0899 e. The summed E-state index contributed by atoms with van der Waals surface area (Å²) in [4.78, 5) is 2.15. The number of aliphatic hydroxyl groups excluding tert-OH is 1.